The number of carbonyl (C=O) groups is 2. The minimum absolute atomic E-state index is 0.0429. The molecule has 8 heteroatoms. The Morgan fingerprint density at radius 3 is 2.85 bits per heavy atom. The van der Waals surface area contributed by atoms with Gasteiger partial charge in [-0.1, -0.05) is 35.9 Å². The van der Waals surface area contributed by atoms with Crippen molar-refractivity contribution in [1.29, 1.82) is 0 Å². The number of rotatable bonds is 5. The van der Waals surface area contributed by atoms with E-state index in [0.717, 1.165) is 40.9 Å². The van der Waals surface area contributed by atoms with Gasteiger partial charge in [-0.25, -0.2) is 4.79 Å². The van der Waals surface area contributed by atoms with Crippen molar-refractivity contribution in [3.05, 3.63) is 93.1 Å². The van der Waals surface area contributed by atoms with Gasteiger partial charge in [0.2, 0.25) is 0 Å². The standard InChI is InChI=1S/C31H30ClNO6/c1-17-13-22-27(15-25(17)33(2)19-10-7-18(8-11-19)9-12-29(35)36)38-28-16-26(34)24(32)14-23(28)31(22)21-6-4-3-5-20(21)30(37)39-31/h4,6-7,10-11,13,15-16,18,23,34H,3,5,8-9,12,14H2,1-2H3,(H,35,36). The summed E-state index contributed by atoms with van der Waals surface area (Å²) < 4.78 is 12.7. The van der Waals surface area contributed by atoms with Gasteiger partial charge in [0, 0.05) is 60.1 Å². The summed E-state index contributed by atoms with van der Waals surface area (Å²) in [7, 11) is 1.98. The number of hydrogen-bond donors (Lipinski definition) is 2. The number of likely N-dealkylation sites (N-methyl/N-ethyl adjacent to an activating group) is 1. The molecule has 2 aliphatic heterocycles. The van der Waals surface area contributed by atoms with Crippen molar-refractivity contribution in [2.24, 2.45) is 11.8 Å². The molecule has 0 aromatic heterocycles. The van der Waals surface area contributed by atoms with Crippen LogP contribution in [0.4, 0.5) is 5.69 Å². The van der Waals surface area contributed by atoms with Crippen LogP contribution in [-0.2, 0) is 19.9 Å². The fourth-order valence-electron chi connectivity index (χ4n) is 6.38. The summed E-state index contributed by atoms with van der Waals surface area (Å²) in [6, 6.07) is 4.00. The van der Waals surface area contributed by atoms with E-state index in [1.165, 1.54) is 6.08 Å². The number of allylic oxidation sites excluding steroid dienone is 6. The van der Waals surface area contributed by atoms with Crippen molar-refractivity contribution in [3.63, 3.8) is 0 Å². The number of aliphatic hydroxyl groups excluding tert-OH is 1. The van der Waals surface area contributed by atoms with Crippen LogP contribution in [0.15, 0.2) is 82.0 Å². The maximum absolute atomic E-state index is 13.2. The molecule has 0 saturated carbocycles. The highest BCUT2D eigenvalue weighted by atomic mass is 35.5. The van der Waals surface area contributed by atoms with Crippen molar-refractivity contribution in [3.8, 4) is 5.75 Å². The van der Waals surface area contributed by atoms with E-state index < -0.39 is 17.5 Å². The van der Waals surface area contributed by atoms with Gasteiger partial charge in [0.1, 0.15) is 17.3 Å². The third-order valence-electron chi connectivity index (χ3n) is 8.42. The van der Waals surface area contributed by atoms with Gasteiger partial charge in [-0.15, -0.1) is 0 Å². The summed E-state index contributed by atoms with van der Waals surface area (Å²) in [5.41, 5.74) is 4.13. The number of aryl methyl sites for hydroxylation is 1. The van der Waals surface area contributed by atoms with Gasteiger partial charge in [-0.05, 0) is 56.2 Å². The molecule has 3 atom stereocenters. The molecule has 0 bridgehead atoms. The molecule has 1 spiro atoms. The molecule has 5 aliphatic rings. The van der Waals surface area contributed by atoms with Crippen LogP contribution in [0.1, 0.15) is 49.7 Å². The molecule has 39 heavy (non-hydrogen) atoms. The number of nitrogens with zero attached hydrogens (tertiary/aromatic N) is 1. The topological polar surface area (TPSA) is 96.3 Å². The fourth-order valence-corrected chi connectivity index (χ4v) is 6.59. The lowest BCUT2D eigenvalue weighted by molar-refractivity contribution is -0.153. The predicted molar refractivity (Wildman–Crippen MR) is 147 cm³/mol. The molecule has 0 radical (unpaired) electrons. The first-order valence-corrected chi connectivity index (χ1v) is 13.7. The summed E-state index contributed by atoms with van der Waals surface area (Å²) in [6.07, 6.45) is 15.1. The number of carbonyl (C=O) groups excluding carboxylic acids is 1. The van der Waals surface area contributed by atoms with E-state index >= 15 is 0 Å². The van der Waals surface area contributed by atoms with E-state index in [-0.39, 0.29) is 30.5 Å². The summed E-state index contributed by atoms with van der Waals surface area (Å²) in [4.78, 5) is 26.2. The lowest BCUT2D eigenvalue weighted by Gasteiger charge is -2.45. The van der Waals surface area contributed by atoms with Crippen molar-refractivity contribution < 1.29 is 29.3 Å². The largest absolute Gasteiger partial charge is 0.507 e. The van der Waals surface area contributed by atoms with E-state index in [1.807, 2.05) is 38.3 Å². The number of aliphatic hydroxyl groups is 1. The molecule has 6 rings (SSSR count). The van der Waals surface area contributed by atoms with Gasteiger partial charge < -0.3 is 24.6 Å². The number of halogens is 1. The molecule has 1 aromatic rings. The number of carboxylic acids is 1. The molecule has 202 valence electrons. The summed E-state index contributed by atoms with van der Waals surface area (Å²) in [5.74, 6) is -0.252. The molecule has 7 nitrogen and oxygen atoms in total. The first-order chi connectivity index (χ1) is 18.7. The smallest absolute Gasteiger partial charge is 0.335 e. The second-order valence-corrected chi connectivity index (χ2v) is 11.2. The first kappa shape index (κ1) is 25.6. The van der Waals surface area contributed by atoms with Crippen molar-refractivity contribution in [1.82, 2.24) is 0 Å². The first-order valence-electron chi connectivity index (χ1n) is 13.3. The van der Waals surface area contributed by atoms with Crippen LogP contribution >= 0.6 is 11.6 Å². The van der Waals surface area contributed by atoms with Crippen LogP contribution in [0.3, 0.4) is 0 Å². The monoisotopic (exact) mass is 547 g/mol. The molecule has 0 saturated heterocycles. The Balaban J connectivity index is 1.41. The second-order valence-electron chi connectivity index (χ2n) is 10.8. The molecular weight excluding hydrogens is 518 g/mol. The molecule has 1 aromatic carbocycles. The number of anilines is 1. The number of esters is 1. The second kappa shape index (κ2) is 9.49. The highest BCUT2D eigenvalue weighted by Gasteiger charge is 2.59. The summed E-state index contributed by atoms with van der Waals surface area (Å²) in [5, 5.41) is 19.7. The molecule has 0 amide bonds. The molecule has 2 heterocycles. The fraction of sp³-hybridized carbons (Fsp3) is 0.355. The summed E-state index contributed by atoms with van der Waals surface area (Å²) in [6.45, 7) is 2.02. The van der Waals surface area contributed by atoms with Gasteiger partial charge in [0.25, 0.3) is 0 Å². The van der Waals surface area contributed by atoms with Gasteiger partial charge in [0.05, 0.1) is 11.0 Å². The van der Waals surface area contributed by atoms with Crippen LogP contribution in [0.25, 0.3) is 0 Å². The molecule has 2 N–H and O–H groups in total. The normalized spacial score (nSPS) is 26.9. The quantitative estimate of drug-likeness (QED) is 0.408. The zero-order valence-corrected chi connectivity index (χ0v) is 22.6. The van der Waals surface area contributed by atoms with Crippen LogP contribution in [0.5, 0.6) is 5.75 Å². The lowest BCUT2D eigenvalue weighted by Crippen LogP contribution is -2.44. The van der Waals surface area contributed by atoms with Crippen molar-refractivity contribution >= 4 is 29.2 Å². The number of fused-ring (bicyclic) bond motifs is 5. The highest BCUT2D eigenvalue weighted by Crippen LogP contribution is 2.60. The Morgan fingerprint density at radius 1 is 1.28 bits per heavy atom. The number of benzene rings is 1. The molecule has 3 unspecified atom stereocenters. The van der Waals surface area contributed by atoms with E-state index in [2.05, 4.69) is 23.1 Å². The Bertz CT molecular complexity index is 1480. The van der Waals surface area contributed by atoms with Crippen LogP contribution in [-0.4, -0.2) is 29.2 Å². The Labute approximate surface area is 232 Å². The zero-order chi connectivity index (χ0) is 27.5. The van der Waals surface area contributed by atoms with E-state index in [0.29, 0.717) is 35.0 Å². The zero-order valence-electron chi connectivity index (χ0n) is 21.9. The minimum Gasteiger partial charge on any atom is -0.507 e. The molecule has 3 aliphatic carbocycles. The summed E-state index contributed by atoms with van der Waals surface area (Å²) >= 11 is 6.42. The molecular formula is C31H30ClNO6. The Kier molecular flexibility index (Phi) is 6.22. The third kappa shape index (κ3) is 4.11. The average Bonchev–Trinajstić information content (AvgIpc) is 3.22. The van der Waals surface area contributed by atoms with E-state index in [1.54, 1.807) is 0 Å². The highest BCUT2D eigenvalue weighted by molar-refractivity contribution is 6.30. The van der Waals surface area contributed by atoms with Gasteiger partial charge in [-0.3, -0.25) is 4.79 Å². The van der Waals surface area contributed by atoms with Crippen LogP contribution in [0.2, 0.25) is 0 Å². The molecule has 0 fully saturated rings. The number of ether oxygens (including phenoxy) is 2. The predicted octanol–water partition coefficient (Wildman–Crippen LogP) is 6.46. The SMILES string of the molecule is Cc1cc2c(cc1N(C)C1=CCC(CCC(=O)O)C=C1)OC1=CC(O)=C(Cl)CC1C21OC(=O)C2=C1C=CCC2. The van der Waals surface area contributed by atoms with E-state index in [4.69, 9.17) is 26.2 Å². The van der Waals surface area contributed by atoms with Gasteiger partial charge >= 0.3 is 11.9 Å². The lowest BCUT2D eigenvalue weighted by atomic mass is 9.68. The average molecular weight is 548 g/mol. The third-order valence-corrected chi connectivity index (χ3v) is 8.77. The van der Waals surface area contributed by atoms with Crippen LogP contribution < -0.4 is 9.64 Å². The number of hydrogen-bond acceptors (Lipinski definition) is 6. The van der Waals surface area contributed by atoms with Gasteiger partial charge in [0.15, 0.2) is 5.60 Å². The van der Waals surface area contributed by atoms with Crippen LogP contribution in [0, 0.1) is 18.8 Å². The van der Waals surface area contributed by atoms with E-state index in [9.17, 15) is 14.7 Å². The minimum atomic E-state index is -1.09. The number of carboxylic acid groups (broad SMARTS) is 1. The maximum Gasteiger partial charge on any atom is 0.335 e. The Hall–Kier alpha value is -3.71. The Morgan fingerprint density at radius 2 is 2.10 bits per heavy atom. The van der Waals surface area contributed by atoms with Crippen molar-refractivity contribution in [2.45, 2.75) is 51.0 Å². The number of aliphatic carboxylic acids is 1. The van der Waals surface area contributed by atoms with Gasteiger partial charge in [-0.2, -0.15) is 0 Å². The van der Waals surface area contributed by atoms with Crippen molar-refractivity contribution in [2.75, 3.05) is 11.9 Å². The maximum atomic E-state index is 13.2.